The Kier molecular flexibility index (Phi) is 11.9. The molecule has 1 N–H and O–H groups in total. The van der Waals surface area contributed by atoms with Crippen molar-refractivity contribution in [1.29, 1.82) is 0 Å². The van der Waals surface area contributed by atoms with E-state index in [1.165, 1.54) is 36.0 Å². The highest BCUT2D eigenvalue weighted by Gasteiger charge is 2.43. The largest absolute Gasteiger partial charge is 0.493 e. The number of hydrogen-bond donors (Lipinski definition) is 1. The highest BCUT2D eigenvalue weighted by Crippen LogP contribution is 2.43. The van der Waals surface area contributed by atoms with Crippen LogP contribution in [0.25, 0.3) is 0 Å². The van der Waals surface area contributed by atoms with E-state index in [9.17, 15) is 4.79 Å². The van der Waals surface area contributed by atoms with Crippen LogP contribution in [-0.4, -0.2) is 61.1 Å². The lowest BCUT2D eigenvalue weighted by molar-refractivity contribution is 0.0689. The quantitative estimate of drug-likeness (QED) is 0.326. The van der Waals surface area contributed by atoms with Gasteiger partial charge >= 0.3 is 0 Å². The summed E-state index contributed by atoms with van der Waals surface area (Å²) in [6.07, 6.45) is 7.99. The third-order valence-corrected chi connectivity index (χ3v) is 8.34. The predicted octanol–water partition coefficient (Wildman–Crippen LogP) is 7.24. The van der Waals surface area contributed by atoms with Gasteiger partial charge in [-0.2, -0.15) is 0 Å². The van der Waals surface area contributed by atoms with E-state index in [0.717, 1.165) is 55.7 Å². The van der Waals surface area contributed by atoms with Crippen molar-refractivity contribution in [3.8, 4) is 5.75 Å². The van der Waals surface area contributed by atoms with Gasteiger partial charge in [-0.25, -0.2) is 0 Å². The number of benzene rings is 2. The summed E-state index contributed by atoms with van der Waals surface area (Å²) in [5, 5.41) is 3.34. The molecule has 2 fully saturated rings. The molecule has 2 aromatic rings. The fraction of sp³-hybridized carbons (Fsp3) is 0.618. The van der Waals surface area contributed by atoms with Gasteiger partial charge in [0.15, 0.2) is 0 Å². The van der Waals surface area contributed by atoms with Crippen LogP contribution in [0.1, 0.15) is 104 Å². The number of carbonyl (C=O) groups excluding carboxylic acids is 1. The maximum Gasteiger partial charge on any atom is 0.251 e. The average molecular weight is 536 g/mol. The van der Waals surface area contributed by atoms with Gasteiger partial charge in [-0.1, -0.05) is 44.0 Å². The van der Waals surface area contributed by atoms with Crippen LogP contribution in [0.3, 0.4) is 0 Å². The number of rotatable bonds is 10. The number of unbranched alkanes of at least 4 members (excludes halogenated alkanes) is 1. The first-order chi connectivity index (χ1) is 18.7. The number of hydrogen-bond acceptors (Lipinski definition) is 4. The number of amides is 1. The monoisotopic (exact) mass is 535 g/mol. The molecule has 2 aliphatic heterocycles. The minimum Gasteiger partial charge on any atom is -0.493 e. The predicted molar refractivity (Wildman–Crippen MR) is 164 cm³/mol. The number of carbonyl (C=O) groups is 1. The molecular weight excluding hydrogens is 482 g/mol. The Morgan fingerprint density at radius 3 is 2.31 bits per heavy atom. The van der Waals surface area contributed by atoms with E-state index in [2.05, 4.69) is 76.0 Å². The Balaban J connectivity index is 0.00000134. The van der Waals surface area contributed by atoms with Gasteiger partial charge in [0.1, 0.15) is 5.75 Å². The van der Waals surface area contributed by atoms with Crippen molar-refractivity contribution in [2.75, 3.05) is 27.2 Å². The highest BCUT2D eigenvalue weighted by molar-refractivity contribution is 5.94. The van der Waals surface area contributed by atoms with Crippen molar-refractivity contribution in [2.24, 2.45) is 0 Å². The van der Waals surface area contributed by atoms with E-state index < -0.39 is 0 Å². The zero-order chi connectivity index (χ0) is 28.5. The smallest absolute Gasteiger partial charge is 0.251 e. The van der Waals surface area contributed by atoms with Crippen LogP contribution < -0.4 is 10.1 Å². The van der Waals surface area contributed by atoms with Crippen molar-refractivity contribution in [3.05, 3.63) is 64.2 Å². The molecular formula is C34H53N3O2. The van der Waals surface area contributed by atoms with Crippen molar-refractivity contribution in [2.45, 2.75) is 111 Å². The van der Waals surface area contributed by atoms with Gasteiger partial charge in [-0.3, -0.25) is 9.69 Å². The van der Waals surface area contributed by atoms with Crippen LogP contribution in [0.4, 0.5) is 0 Å². The molecule has 3 atom stereocenters. The molecule has 2 aliphatic rings. The molecule has 2 heterocycles. The van der Waals surface area contributed by atoms with Gasteiger partial charge in [0.05, 0.1) is 6.61 Å². The topological polar surface area (TPSA) is 44.8 Å². The van der Waals surface area contributed by atoms with Crippen LogP contribution in [-0.2, 0) is 0 Å². The third-order valence-electron chi connectivity index (χ3n) is 8.34. The van der Waals surface area contributed by atoms with Crippen molar-refractivity contribution >= 4 is 5.91 Å². The van der Waals surface area contributed by atoms with Crippen LogP contribution in [0, 0.1) is 20.8 Å². The van der Waals surface area contributed by atoms with E-state index in [4.69, 9.17) is 4.74 Å². The average Bonchev–Trinajstić information content (AvgIpc) is 3.16. The van der Waals surface area contributed by atoms with Crippen LogP contribution in [0.15, 0.2) is 36.4 Å². The second kappa shape index (κ2) is 14.9. The zero-order valence-corrected chi connectivity index (χ0v) is 25.8. The minimum absolute atomic E-state index is 0.0633. The number of nitrogens with one attached hydrogen (secondary N) is 1. The molecule has 1 amide bonds. The Labute approximate surface area is 238 Å². The fourth-order valence-corrected chi connectivity index (χ4v) is 6.32. The molecule has 2 bridgehead atoms. The van der Waals surface area contributed by atoms with Gasteiger partial charge in [-0.05, 0) is 122 Å². The van der Waals surface area contributed by atoms with E-state index in [-0.39, 0.29) is 11.9 Å². The summed E-state index contributed by atoms with van der Waals surface area (Å²) in [5.41, 5.74) is 5.91. The Hall–Kier alpha value is -2.37. The standard InChI is InChI=1S/C31H45N3O2.C3H8/c1-21-10-9-11-25(18-21)31(35)32-26-19-27-12-13-28(20-26)34(27)24(4)29-14-15-30(23(3)22(29)2)36-17-8-7-16-33(5)6;1-3-2/h9-11,14-15,18,24,26-28H,7-8,12-13,16-17,19-20H2,1-6H3,(H,32,35);3H2,1-2H3. The number of ether oxygens (including phenoxy) is 1. The molecule has 0 radical (unpaired) electrons. The summed E-state index contributed by atoms with van der Waals surface area (Å²) in [7, 11) is 4.23. The molecule has 5 nitrogen and oxygen atoms in total. The molecule has 0 aromatic heterocycles. The lowest BCUT2D eigenvalue weighted by atomic mass is 9.91. The van der Waals surface area contributed by atoms with E-state index >= 15 is 0 Å². The summed E-state index contributed by atoms with van der Waals surface area (Å²) in [6.45, 7) is 15.0. The third kappa shape index (κ3) is 8.31. The summed E-state index contributed by atoms with van der Waals surface area (Å²) in [6, 6.07) is 14.0. The Morgan fingerprint density at radius 2 is 1.69 bits per heavy atom. The Morgan fingerprint density at radius 1 is 1.03 bits per heavy atom. The van der Waals surface area contributed by atoms with Crippen molar-refractivity contribution in [3.63, 3.8) is 0 Å². The summed E-state index contributed by atoms with van der Waals surface area (Å²) < 4.78 is 6.16. The zero-order valence-electron chi connectivity index (χ0n) is 25.8. The summed E-state index contributed by atoms with van der Waals surface area (Å²) >= 11 is 0. The number of aryl methyl sites for hydroxylation is 1. The second-order valence-electron chi connectivity index (χ2n) is 12.0. The molecule has 39 heavy (non-hydrogen) atoms. The lowest BCUT2D eigenvalue weighted by Crippen LogP contribution is -2.51. The van der Waals surface area contributed by atoms with Gasteiger partial charge in [-0.15, -0.1) is 0 Å². The number of piperidine rings is 1. The van der Waals surface area contributed by atoms with E-state index in [1.54, 1.807) is 0 Å². The molecule has 2 saturated heterocycles. The first kappa shape index (κ1) is 31.2. The van der Waals surface area contributed by atoms with Crippen LogP contribution in [0.5, 0.6) is 5.75 Å². The molecule has 3 unspecified atom stereocenters. The number of nitrogens with zero attached hydrogens (tertiary/aromatic N) is 2. The van der Waals surface area contributed by atoms with E-state index in [1.807, 2.05) is 31.2 Å². The fourth-order valence-electron chi connectivity index (χ4n) is 6.32. The Bertz CT molecular complexity index is 1050. The van der Waals surface area contributed by atoms with Gasteiger partial charge in [0, 0.05) is 29.7 Å². The van der Waals surface area contributed by atoms with Gasteiger partial charge in [0.25, 0.3) is 5.91 Å². The summed E-state index contributed by atoms with van der Waals surface area (Å²) in [4.78, 5) is 17.8. The first-order valence-electron chi connectivity index (χ1n) is 15.2. The van der Waals surface area contributed by atoms with Gasteiger partial charge in [0.2, 0.25) is 0 Å². The SMILES string of the molecule is CCC.Cc1cccc(C(=O)NC2CC3CCC(C2)N3C(C)c2ccc(OCCCCN(C)C)c(C)c2C)c1. The minimum atomic E-state index is 0.0633. The molecule has 0 spiro atoms. The molecule has 4 rings (SSSR count). The molecule has 216 valence electrons. The van der Waals surface area contributed by atoms with Crippen LogP contribution in [0.2, 0.25) is 0 Å². The molecule has 5 heteroatoms. The molecule has 2 aromatic carbocycles. The summed E-state index contributed by atoms with van der Waals surface area (Å²) in [5.74, 6) is 1.09. The van der Waals surface area contributed by atoms with E-state index in [0.29, 0.717) is 18.1 Å². The lowest BCUT2D eigenvalue weighted by Gasteiger charge is -2.43. The van der Waals surface area contributed by atoms with Crippen molar-refractivity contribution in [1.82, 2.24) is 15.1 Å². The maximum absolute atomic E-state index is 12.9. The van der Waals surface area contributed by atoms with Crippen LogP contribution >= 0.6 is 0 Å². The normalized spacial score (nSPS) is 21.3. The highest BCUT2D eigenvalue weighted by atomic mass is 16.5. The second-order valence-corrected chi connectivity index (χ2v) is 12.0. The molecule has 0 saturated carbocycles. The number of fused-ring (bicyclic) bond motifs is 2. The molecule has 0 aliphatic carbocycles. The maximum atomic E-state index is 12.9. The van der Waals surface area contributed by atoms with Crippen molar-refractivity contribution < 1.29 is 9.53 Å². The first-order valence-corrected chi connectivity index (χ1v) is 15.2. The van der Waals surface area contributed by atoms with Gasteiger partial charge < -0.3 is 15.0 Å².